The summed E-state index contributed by atoms with van der Waals surface area (Å²) in [6, 6.07) is 0. The van der Waals surface area contributed by atoms with Crippen LogP contribution in [0.15, 0.2) is 11.2 Å². The lowest BCUT2D eigenvalue weighted by Crippen LogP contribution is -2.38. The number of rotatable bonds is 5. The van der Waals surface area contributed by atoms with E-state index in [1.54, 1.807) is 25.5 Å². The molecule has 98 valence electrons. The Labute approximate surface area is 123 Å². The summed E-state index contributed by atoms with van der Waals surface area (Å²) < 4.78 is 4.95. The van der Waals surface area contributed by atoms with Gasteiger partial charge < -0.3 is 15.4 Å². The maximum absolute atomic E-state index is 4.95. The number of nitrogens with zero attached hydrogens (tertiary/aromatic N) is 2. The van der Waals surface area contributed by atoms with E-state index in [0.29, 0.717) is 6.61 Å². The predicted molar refractivity (Wildman–Crippen MR) is 82.3 cm³/mol. The third kappa shape index (κ3) is 6.79. The van der Waals surface area contributed by atoms with Gasteiger partial charge in [0.05, 0.1) is 18.2 Å². The molecule has 0 saturated carbocycles. The summed E-state index contributed by atoms with van der Waals surface area (Å²) in [6.45, 7) is 4.16. The van der Waals surface area contributed by atoms with E-state index in [4.69, 9.17) is 4.74 Å². The molecular weight excluding hydrogens is 351 g/mol. The lowest BCUT2D eigenvalue weighted by Gasteiger charge is -2.10. The van der Waals surface area contributed by atoms with E-state index in [2.05, 4.69) is 20.6 Å². The van der Waals surface area contributed by atoms with Crippen LogP contribution in [0.5, 0.6) is 0 Å². The smallest absolute Gasteiger partial charge is 0.191 e. The molecule has 0 spiro atoms. The van der Waals surface area contributed by atoms with E-state index in [9.17, 15) is 0 Å². The minimum atomic E-state index is 0. The van der Waals surface area contributed by atoms with Gasteiger partial charge in [0, 0.05) is 31.8 Å². The summed E-state index contributed by atoms with van der Waals surface area (Å²) in [7, 11) is 3.43. The largest absolute Gasteiger partial charge is 0.383 e. The molecule has 1 rings (SSSR count). The highest BCUT2D eigenvalue weighted by atomic mass is 127. The molecule has 0 bridgehead atoms. The fraction of sp³-hybridized carbons (Fsp3) is 0.600. The quantitative estimate of drug-likeness (QED) is 0.356. The summed E-state index contributed by atoms with van der Waals surface area (Å²) in [4.78, 5) is 9.50. The van der Waals surface area contributed by atoms with Crippen molar-refractivity contribution in [2.75, 3.05) is 27.3 Å². The van der Waals surface area contributed by atoms with Gasteiger partial charge in [-0.15, -0.1) is 35.3 Å². The number of thiazole rings is 1. The summed E-state index contributed by atoms with van der Waals surface area (Å²) in [5.41, 5.74) is 0. The third-order valence-corrected chi connectivity index (χ3v) is 2.83. The van der Waals surface area contributed by atoms with E-state index in [-0.39, 0.29) is 24.0 Å². The molecule has 0 amide bonds. The first-order valence-electron chi connectivity index (χ1n) is 5.11. The Balaban J connectivity index is 0.00000256. The first-order chi connectivity index (χ1) is 7.76. The number of hydrogen-bond donors (Lipinski definition) is 2. The number of guanidine groups is 1. The molecule has 0 unspecified atom stereocenters. The monoisotopic (exact) mass is 370 g/mol. The molecule has 5 nitrogen and oxygen atoms in total. The minimum absolute atomic E-state index is 0. The lowest BCUT2D eigenvalue weighted by atomic mass is 10.5. The average Bonchev–Trinajstić information content (AvgIpc) is 2.69. The zero-order valence-corrected chi connectivity index (χ0v) is 13.5. The van der Waals surface area contributed by atoms with Crippen molar-refractivity contribution >= 4 is 41.3 Å². The number of aryl methyl sites for hydroxylation is 1. The molecule has 7 heteroatoms. The van der Waals surface area contributed by atoms with Gasteiger partial charge in [0.1, 0.15) is 0 Å². The van der Waals surface area contributed by atoms with Gasteiger partial charge in [0.15, 0.2) is 5.96 Å². The molecule has 1 heterocycles. The first-order valence-corrected chi connectivity index (χ1v) is 5.92. The molecule has 1 aromatic rings. The standard InChI is InChI=1S/C10H18N4OS.HI/c1-8-13-6-9(16-8)7-14-10(11-2)12-4-5-15-3;/h6H,4-5,7H2,1-3H3,(H2,11,12,14);1H. The third-order valence-electron chi connectivity index (χ3n) is 1.92. The van der Waals surface area contributed by atoms with Crippen LogP contribution in [0, 0.1) is 6.92 Å². The highest BCUT2D eigenvalue weighted by molar-refractivity contribution is 14.0. The van der Waals surface area contributed by atoms with Gasteiger partial charge in [-0.05, 0) is 6.92 Å². The predicted octanol–water partition coefficient (Wildman–Crippen LogP) is 1.38. The Kier molecular flexibility index (Phi) is 9.37. The molecule has 0 aliphatic heterocycles. The van der Waals surface area contributed by atoms with Crippen molar-refractivity contribution in [3.63, 3.8) is 0 Å². The van der Waals surface area contributed by atoms with Crippen molar-refractivity contribution < 1.29 is 4.74 Å². The summed E-state index contributed by atoms with van der Waals surface area (Å²) >= 11 is 1.69. The van der Waals surface area contributed by atoms with Crippen molar-refractivity contribution in [2.24, 2.45) is 4.99 Å². The van der Waals surface area contributed by atoms with Gasteiger partial charge in [0.25, 0.3) is 0 Å². The first kappa shape index (κ1) is 16.6. The molecule has 0 fully saturated rings. The van der Waals surface area contributed by atoms with Crippen molar-refractivity contribution in [3.05, 3.63) is 16.1 Å². The summed E-state index contributed by atoms with van der Waals surface area (Å²) in [5, 5.41) is 7.44. The zero-order valence-electron chi connectivity index (χ0n) is 10.3. The van der Waals surface area contributed by atoms with E-state index >= 15 is 0 Å². The molecule has 0 aliphatic carbocycles. The van der Waals surface area contributed by atoms with Gasteiger partial charge in [-0.1, -0.05) is 0 Å². The number of hydrogen-bond acceptors (Lipinski definition) is 4. The normalized spacial score (nSPS) is 10.9. The van der Waals surface area contributed by atoms with Gasteiger partial charge in [-0.3, -0.25) is 4.99 Å². The maximum atomic E-state index is 4.95. The second kappa shape index (κ2) is 9.60. The average molecular weight is 370 g/mol. The Morgan fingerprint density at radius 1 is 1.53 bits per heavy atom. The molecule has 1 aromatic heterocycles. The van der Waals surface area contributed by atoms with Crippen LogP contribution in [0.1, 0.15) is 9.88 Å². The Hall–Kier alpha value is -0.410. The zero-order chi connectivity index (χ0) is 11.8. The molecule has 0 aliphatic rings. The lowest BCUT2D eigenvalue weighted by molar-refractivity contribution is 0.203. The number of halogens is 1. The van der Waals surface area contributed by atoms with Gasteiger partial charge in [-0.2, -0.15) is 0 Å². The molecule has 0 atom stereocenters. The Morgan fingerprint density at radius 2 is 2.29 bits per heavy atom. The number of aromatic nitrogens is 1. The minimum Gasteiger partial charge on any atom is -0.383 e. The molecule has 0 saturated heterocycles. The fourth-order valence-electron chi connectivity index (χ4n) is 1.15. The van der Waals surface area contributed by atoms with E-state index in [1.165, 1.54) is 4.88 Å². The highest BCUT2D eigenvalue weighted by Crippen LogP contribution is 2.10. The topological polar surface area (TPSA) is 58.5 Å². The van der Waals surface area contributed by atoms with Crippen LogP contribution < -0.4 is 10.6 Å². The van der Waals surface area contributed by atoms with Crippen molar-refractivity contribution in [3.8, 4) is 0 Å². The van der Waals surface area contributed by atoms with Crippen LogP contribution in [0.2, 0.25) is 0 Å². The van der Waals surface area contributed by atoms with E-state index < -0.39 is 0 Å². The molecule has 0 radical (unpaired) electrons. The molecule has 17 heavy (non-hydrogen) atoms. The summed E-state index contributed by atoms with van der Waals surface area (Å²) in [5.74, 6) is 0.781. The van der Waals surface area contributed by atoms with Crippen LogP contribution in [0.3, 0.4) is 0 Å². The van der Waals surface area contributed by atoms with Crippen LogP contribution in [0.25, 0.3) is 0 Å². The second-order valence-corrected chi connectivity index (χ2v) is 4.51. The molecule has 0 aromatic carbocycles. The molecular formula is C10H19IN4OS. The van der Waals surface area contributed by atoms with Crippen LogP contribution in [-0.4, -0.2) is 38.3 Å². The Bertz CT molecular complexity index is 343. The number of ether oxygens (including phenoxy) is 1. The van der Waals surface area contributed by atoms with Gasteiger partial charge >= 0.3 is 0 Å². The van der Waals surface area contributed by atoms with Gasteiger partial charge in [0.2, 0.25) is 0 Å². The van der Waals surface area contributed by atoms with Crippen molar-refractivity contribution in [2.45, 2.75) is 13.5 Å². The van der Waals surface area contributed by atoms with Crippen molar-refractivity contribution in [1.82, 2.24) is 15.6 Å². The van der Waals surface area contributed by atoms with Crippen LogP contribution >= 0.6 is 35.3 Å². The van der Waals surface area contributed by atoms with Gasteiger partial charge in [-0.25, -0.2) is 4.98 Å². The number of methoxy groups -OCH3 is 1. The van der Waals surface area contributed by atoms with E-state index in [0.717, 1.165) is 24.1 Å². The summed E-state index contributed by atoms with van der Waals surface area (Å²) in [6.07, 6.45) is 1.88. The maximum Gasteiger partial charge on any atom is 0.191 e. The Morgan fingerprint density at radius 3 is 2.82 bits per heavy atom. The second-order valence-electron chi connectivity index (χ2n) is 3.19. The van der Waals surface area contributed by atoms with Crippen molar-refractivity contribution in [1.29, 1.82) is 0 Å². The number of aliphatic imine (C=N–C) groups is 1. The fourth-order valence-corrected chi connectivity index (χ4v) is 1.88. The SMILES string of the molecule is CN=C(NCCOC)NCc1cnc(C)s1.I. The molecule has 2 N–H and O–H groups in total. The number of nitrogens with one attached hydrogen (secondary N) is 2. The van der Waals surface area contributed by atoms with E-state index in [1.807, 2.05) is 13.1 Å². The van der Waals surface area contributed by atoms with Crippen LogP contribution in [-0.2, 0) is 11.3 Å². The highest BCUT2D eigenvalue weighted by Gasteiger charge is 2.00. The van der Waals surface area contributed by atoms with Crippen LogP contribution in [0.4, 0.5) is 0 Å².